The Hall–Kier alpha value is -2.47. The number of aliphatic carboxylic acids is 1. The average molecular weight is 246 g/mol. The summed E-state index contributed by atoms with van der Waals surface area (Å²) < 4.78 is 0. The van der Waals surface area contributed by atoms with Crippen LogP contribution in [0, 0.1) is 0 Å². The highest BCUT2D eigenvalue weighted by molar-refractivity contribution is 6.04. The van der Waals surface area contributed by atoms with Crippen molar-refractivity contribution in [1.82, 2.24) is 10.5 Å². The second-order valence-electron chi connectivity index (χ2n) is 3.49. The number of aromatic nitrogens is 1. The van der Waals surface area contributed by atoms with Gasteiger partial charge in [-0.1, -0.05) is 24.3 Å². The van der Waals surface area contributed by atoms with Crippen molar-refractivity contribution >= 4 is 22.6 Å². The van der Waals surface area contributed by atoms with Crippen LogP contribution < -0.4 is 5.48 Å². The molecule has 0 bridgehead atoms. The summed E-state index contributed by atoms with van der Waals surface area (Å²) in [6, 6.07) is 9.04. The molecule has 0 aliphatic rings. The number of hydrogen-bond donors (Lipinski definition) is 2. The van der Waals surface area contributed by atoms with Crippen molar-refractivity contribution in [1.29, 1.82) is 0 Å². The molecular weight excluding hydrogens is 236 g/mol. The van der Waals surface area contributed by atoms with Crippen LogP contribution in [-0.2, 0) is 9.63 Å². The van der Waals surface area contributed by atoms with Gasteiger partial charge in [-0.15, -0.1) is 0 Å². The number of nitrogens with zero attached hydrogens (tertiary/aromatic N) is 1. The minimum absolute atomic E-state index is 0.193. The predicted octanol–water partition coefficient (Wildman–Crippen LogP) is 0.981. The van der Waals surface area contributed by atoms with Gasteiger partial charge in [0.15, 0.2) is 6.61 Å². The largest absolute Gasteiger partial charge is 0.479 e. The molecule has 6 nitrogen and oxygen atoms in total. The maximum absolute atomic E-state index is 11.7. The third-order valence-corrected chi connectivity index (χ3v) is 2.25. The summed E-state index contributed by atoms with van der Waals surface area (Å²) in [7, 11) is 0. The van der Waals surface area contributed by atoms with E-state index in [1.165, 1.54) is 6.20 Å². The monoisotopic (exact) mass is 246 g/mol. The van der Waals surface area contributed by atoms with Crippen molar-refractivity contribution in [2.75, 3.05) is 6.61 Å². The molecule has 1 aromatic carbocycles. The molecule has 0 unspecified atom stereocenters. The number of pyridine rings is 1. The van der Waals surface area contributed by atoms with Crippen LogP contribution >= 0.6 is 0 Å². The molecule has 2 rings (SSSR count). The molecule has 1 aromatic heterocycles. The zero-order valence-electron chi connectivity index (χ0n) is 9.29. The maximum Gasteiger partial charge on any atom is 0.332 e. The number of carboxylic acid groups (broad SMARTS) is 1. The first-order valence-corrected chi connectivity index (χ1v) is 5.16. The van der Waals surface area contributed by atoms with E-state index in [9.17, 15) is 9.59 Å². The van der Waals surface area contributed by atoms with E-state index in [1.54, 1.807) is 18.2 Å². The van der Waals surface area contributed by atoms with Gasteiger partial charge < -0.3 is 5.11 Å². The molecule has 0 atom stereocenters. The Labute approximate surface area is 102 Å². The summed E-state index contributed by atoms with van der Waals surface area (Å²) >= 11 is 0. The molecule has 6 heteroatoms. The van der Waals surface area contributed by atoms with Crippen LogP contribution in [-0.4, -0.2) is 28.6 Å². The normalized spacial score (nSPS) is 10.2. The fourth-order valence-corrected chi connectivity index (χ4v) is 1.51. The van der Waals surface area contributed by atoms with Gasteiger partial charge in [0.1, 0.15) is 5.69 Å². The number of benzene rings is 1. The molecule has 1 heterocycles. The SMILES string of the molecule is O=C(O)CONC(=O)c1nccc2ccccc12. The second-order valence-corrected chi connectivity index (χ2v) is 3.49. The average Bonchev–Trinajstić information content (AvgIpc) is 2.37. The molecule has 0 saturated heterocycles. The lowest BCUT2D eigenvalue weighted by Crippen LogP contribution is -2.27. The third kappa shape index (κ3) is 2.61. The van der Waals surface area contributed by atoms with Crippen molar-refractivity contribution in [3.05, 3.63) is 42.2 Å². The molecule has 0 fully saturated rings. The van der Waals surface area contributed by atoms with Crippen LogP contribution in [0.2, 0.25) is 0 Å². The van der Waals surface area contributed by atoms with Gasteiger partial charge in [0.05, 0.1) is 0 Å². The molecule has 2 aromatic rings. The molecule has 2 N–H and O–H groups in total. The molecule has 18 heavy (non-hydrogen) atoms. The van der Waals surface area contributed by atoms with E-state index < -0.39 is 18.5 Å². The summed E-state index contributed by atoms with van der Waals surface area (Å²) in [5.74, 6) is -1.74. The summed E-state index contributed by atoms with van der Waals surface area (Å²) in [6.07, 6.45) is 1.51. The van der Waals surface area contributed by atoms with Gasteiger partial charge >= 0.3 is 5.97 Å². The van der Waals surface area contributed by atoms with Crippen LogP contribution in [0.15, 0.2) is 36.5 Å². The summed E-state index contributed by atoms with van der Waals surface area (Å²) in [5, 5.41) is 9.93. The Kier molecular flexibility index (Phi) is 3.49. The second kappa shape index (κ2) is 5.24. The molecule has 0 aliphatic heterocycles. The van der Waals surface area contributed by atoms with Crippen molar-refractivity contribution in [2.45, 2.75) is 0 Å². The van der Waals surface area contributed by atoms with E-state index in [4.69, 9.17) is 5.11 Å². The lowest BCUT2D eigenvalue weighted by atomic mass is 10.1. The zero-order valence-corrected chi connectivity index (χ0v) is 9.29. The van der Waals surface area contributed by atoms with Crippen LogP contribution in [0.5, 0.6) is 0 Å². The lowest BCUT2D eigenvalue weighted by molar-refractivity contribution is -0.144. The summed E-state index contributed by atoms with van der Waals surface area (Å²) in [4.78, 5) is 30.5. The van der Waals surface area contributed by atoms with Crippen LogP contribution in [0.25, 0.3) is 10.8 Å². The Morgan fingerprint density at radius 1 is 1.28 bits per heavy atom. The van der Waals surface area contributed by atoms with Gasteiger partial charge in [-0.3, -0.25) is 14.6 Å². The van der Waals surface area contributed by atoms with E-state index >= 15 is 0 Å². The topological polar surface area (TPSA) is 88.5 Å². The minimum atomic E-state index is -1.17. The number of hydroxylamine groups is 1. The molecular formula is C12H10N2O4. The first kappa shape index (κ1) is 12.0. The lowest BCUT2D eigenvalue weighted by Gasteiger charge is -2.05. The number of rotatable bonds is 4. The van der Waals surface area contributed by atoms with Crippen molar-refractivity contribution in [3.63, 3.8) is 0 Å². The van der Waals surface area contributed by atoms with Gasteiger partial charge in [-0.25, -0.2) is 10.3 Å². The van der Waals surface area contributed by atoms with Crippen molar-refractivity contribution in [2.24, 2.45) is 0 Å². The number of carbonyl (C=O) groups excluding carboxylic acids is 1. The Balaban J connectivity index is 2.20. The fourth-order valence-electron chi connectivity index (χ4n) is 1.51. The standard InChI is InChI=1S/C12H10N2O4/c15-10(16)7-18-14-12(17)11-9-4-2-1-3-8(9)5-6-13-11/h1-6H,7H2,(H,14,17)(H,15,16). The Morgan fingerprint density at radius 2 is 2.06 bits per heavy atom. The molecule has 0 radical (unpaired) electrons. The molecule has 92 valence electrons. The first-order valence-electron chi connectivity index (χ1n) is 5.16. The summed E-state index contributed by atoms with van der Waals surface area (Å²) in [6.45, 7) is -0.601. The molecule has 1 amide bonds. The minimum Gasteiger partial charge on any atom is -0.479 e. The predicted molar refractivity (Wildman–Crippen MR) is 62.8 cm³/mol. The number of carboxylic acids is 1. The van der Waals surface area contributed by atoms with Crippen LogP contribution in [0.4, 0.5) is 0 Å². The third-order valence-electron chi connectivity index (χ3n) is 2.25. The van der Waals surface area contributed by atoms with E-state index in [0.29, 0.717) is 5.39 Å². The smallest absolute Gasteiger partial charge is 0.332 e. The highest BCUT2D eigenvalue weighted by Gasteiger charge is 2.11. The van der Waals surface area contributed by atoms with Gasteiger partial charge in [-0.2, -0.15) is 0 Å². The van der Waals surface area contributed by atoms with E-state index in [2.05, 4.69) is 9.82 Å². The number of nitrogens with one attached hydrogen (secondary N) is 1. The quantitative estimate of drug-likeness (QED) is 0.785. The van der Waals surface area contributed by atoms with E-state index in [-0.39, 0.29) is 5.69 Å². The number of carbonyl (C=O) groups is 2. The van der Waals surface area contributed by atoms with E-state index in [0.717, 1.165) is 5.39 Å². The maximum atomic E-state index is 11.7. The zero-order chi connectivity index (χ0) is 13.0. The molecule has 0 saturated carbocycles. The van der Waals surface area contributed by atoms with Crippen LogP contribution in [0.3, 0.4) is 0 Å². The number of amides is 1. The van der Waals surface area contributed by atoms with Crippen molar-refractivity contribution < 1.29 is 19.5 Å². The Morgan fingerprint density at radius 3 is 2.83 bits per heavy atom. The van der Waals surface area contributed by atoms with Crippen LogP contribution in [0.1, 0.15) is 10.5 Å². The first-order chi connectivity index (χ1) is 8.68. The fraction of sp³-hybridized carbons (Fsp3) is 0.0833. The summed E-state index contributed by atoms with van der Waals surface area (Å²) in [5.41, 5.74) is 2.23. The highest BCUT2D eigenvalue weighted by atomic mass is 16.7. The molecule has 0 aliphatic carbocycles. The van der Waals surface area contributed by atoms with Crippen molar-refractivity contribution in [3.8, 4) is 0 Å². The number of fused-ring (bicyclic) bond motifs is 1. The van der Waals surface area contributed by atoms with Gasteiger partial charge in [0, 0.05) is 11.6 Å². The van der Waals surface area contributed by atoms with E-state index in [1.807, 2.05) is 17.6 Å². The van der Waals surface area contributed by atoms with Gasteiger partial charge in [0.25, 0.3) is 5.91 Å². The molecule has 0 spiro atoms. The van der Waals surface area contributed by atoms with Gasteiger partial charge in [-0.05, 0) is 11.5 Å². The highest BCUT2D eigenvalue weighted by Crippen LogP contribution is 2.15. The number of hydrogen-bond acceptors (Lipinski definition) is 4. The Bertz CT molecular complexity index is 592. The van der Waals surface area contributed by atoms with Gasteiger partial charge in [0.2, 0.25) is 0 Å².